The Morgan fingerprint density at radius 2 is 1.06 bits per heavy atom. The number of Topliss-reactive ketones (excluding diaryl/α,β-unsaturated/α-hetero) is 3. The van der Waals surface area contributed by atoms with E-state index in [-0.39, 0.29) is 46.6 Å². The minimum absolute atomic E-state index is 0.0210. The molecule has 3 rings (SSSR count). The molecule has 0 aliphatic carbocycles. The Morgan fingerprint density at radius 3 is 1.52 bits per heavy atom. The van der Waals surface area contributed by atoms with Crippen LogP contribution in [0.3, 0.4) is 0 Å². The topological polar surface area (TPSA) is 130 Å². The first kappa shape index (κ1) is 43.0. The van der Waals surface area contributed by atoms with E-state index in [0.717, 1.165) is 10.6 Å². The summed E-state index contributed by atoms with van der Waals surface area (Å²) in [5.74, 6) is 1.15. The van der Waals surface area contributed by atoms with E-state index in [0.29, 0.717) is 18.6 Å². The van der Waals surface area contributed by atoms with E-state index in [1.54, 1.807) is 44.0 Å². The van der Waals surface area contributed by atoms with Gasteiger partial charge in [-0.05, 0) is 57.2 Å². The van der Waals surface area contributed by atoms with E-state index in [9.17, 15) is 27.0 Å². The fourth-order valence-electron chi connectivity index (χ4n) is 4.10. The first-order valence-electron chi connectivity index (χ1n) is 15.3. The van der Waals surface area contributed by atoms with Gasteiger partial charge in [0.2, 0.25) is 0 Å². The zero-order valence-corrected chi connectivity index (χ0v) is 31.0. The summed E-state index contributed by atoms with van der Waals surface area (Å²) in [6.45, 7) is 4.53. The summed E-state index contributed by atoms with van der Waals surface area (Å²) in [6, 6.07) is 27.5. The summed E-state index contributed by atoms with van der Waals surface area (Å²) in [6.07, 6.45) is 0.0949. The molecule has 0 bridgehead atoms. The third-order valence-electron chi connectivity index (χ3n) is 6.58. The average molecular weight is 721 g/mol. The Kier molecular flexibility index (Phi) is 21.7. The number of carbonyl (C=O) groups is 3. The van der Waals surface area contributed by atoms with Gasteiger partial charge in [0, 0.05) is 56.1 Å². The quantitative estimate of drug-likeness (QED) is 0.144. The molecule has 48 heavy (non-hydrogen) atoms. The van der Waals surface area contributed by atoms with E-state index in [2.05, 4.69) is 12.1 Å². The van der Waals surface area contributed by atoms with Crippen molar-refractivity contribution < 1.29 is 41.2 Å². The molecule has 3 aromatic carbocycles. The van der Waals surface area contributed by atoms with Crippen molar-refractivity contribution in [1.29, 1.82) is 0 Å². The maximum absolute atomic E-state index is 12.0. The molecule has 0 aliphatic rings. The van der Waals surface area contributed by atoms with Crippen LogP contribution in [0.5, 0.6) is 0 Å². The van der Waals surface area contributed by atoms with Crippen LogP contribution in [0, 0.1) is 0 Å². The van der Waals surface area contributed by atoms with Gasteiger partial charge in [-0.3, -0.25) is 18.6 Å². The molecule has 0 fully saturated rings. The molecule has 0 saturated carbocycles. The number of thioether (sulfide) groups is 1. The van der Waals surface area contributed by atoms with Crippen LogP contribution >= 0.6 is 11.8 Å². The number of ether oxygens (including phenoxy) is 3. The van der Waals surface area contributed by atoms with Crippen molar-refractivity contribution in [3.8, 4) is 0 Å². The summed E-state index contributed by atoms with van der Waals surface area (Å²) in [5.41, 5.74) is 0. The molecule has 4 unspecified atom stereocenters. The molecule has 0 spiro atoms. The van der Waals surface area contributed by atoms with Gasteiger partial charge in [0.25, 0.3) is 0 Å². The van der Waals surface area contributed by atoms with Crippen LogP contribution in [-0.4, -0.2) is 86.9 Å². The molecule has 0 N–H and O–H groups in total. The number of carbonyl (C=O) groups excluding carboxylic acids is 3. The second-order valence-corrected chi connectivity index (χ2v) is 15.5. The summed E-state index contributed by atoms with van der Waals surface area (Å²) in [5, 5.41) is 0. The highest BCUT2D eigenvalue weighted by Gasteiger charge is 2.22. The first-order valence-corrected chi connectivity index (χ1v) is 19.2. The van der Waals surface area contributed by atoms with Crippen LogP contribution in [0.1, 0.15) is 40.0 Å². The molecule has 0 saturated heterocycles. The van der Waals surface area contributed by atoms with E-state index >= 15 is 0 Å². The number of methoxy groups -OCH3 is 3. The number of rotatable bonds is 18. The highest BCUT2D eigenvalue weighted by atomic mass is 32.2. The van der Waals surface area contributed by atoms with Crippen LogP contribution in [0.2, 0.25) is 0 Å². The maximum Gasteiger partial charge on any atom is 0.180 e. The zero-order chi connectivity index (χ0) is 36.0. The van der Waals surface area contributed by atoms with Crippen LogP contribution < -0.4 is 0 Å². The van der Waals surface area contributed by atoms with E-state index < -0.39 is 26.7 Å². The molecule has 0 aliphatic heterocycles. The van der Waals surface area contributed by atoms with Crippen molar-refractivity contribution in [3.05, 3.63) is 91.0 Å². The number of ketones is 3. The minimum atomic E-state index is -3.39. The fraction of sp³-hybridized carbons (Fsp3) is 0.417. The van der Waals surface area contributed by atoms with Crippen molar-refractivity contribution in [2.45, 2.75) is 73.0 Å². The van der Waals surface area contributed by atoms with Gasteiger partial charge in [0.05, 0.1) is 45.5 Å². The lowest BCUT2D eigenvalue weighted by atomic mass is 10.2. The number of sulfone groups is 1. The van der Waals surface area contributed by atoms with Crippen molar-refractivity contribution in [2.24, 2.45) is 0 Å². The Hall–Kier alpha value is -3.00. The van der Waals surface area contributed by atoms with E-state index in [4.69, 9.17) is 14.2 Å². The van der Waals surface area contributed by atoms with Crippen molar-refractivity contribution in [3.63, 3.8) is 0 Å². The number of benzene rings is 3. The van der Waals surface area contributed by atoms with Gasteiger partial charge in [0.15, 0.2) is 9.84 Å². The Bertz CT molecular complexity index is 1480. The Labute approximate surface area is 292 Å². The molecule has 0 amide bonds. The van der Waals surface area contributed by atoms with Gasteiger partial charge >= 0.3 is 0 Å². The van der Waals surface area contributed by atoms with Gasteiger partial charge in [-0.2, -0.15) is 0 Å². The monoisotopic (exact) mass is 720 g/mol. The standard InChI is InChI=1S/C12H16O4S.C12H16O3S.C12H16O2S/c1-10(13)8-11(16-2)9-17(14,15)12-6-4-3-5-7-12;1-10(13)8-11(15-2)9-16(14)12-6-4-3-5-7-12;1-10(13)8-11(14-2)9-15-12-6-4-3-5-7-12/h3-7,11H,8-9H2,1-2H3;3-7,11H,8-9H2,1-2H3;3-7,11H,8-9H2,1-2H3. The third-order valence-corrected chi connectivity index (χ3v) is 11.0. The van der Waals surface area contributed by atoms with E-state index in [1.807, 2.05) is 48.5 Å². The first-order chi connectivity index (χ1) is 22.8. The summed E-state index contributed by atoms with van der Waals surface area (Å²) in [4.78, 5) is 35.1. The highest BCUT2D eigenvalue weighted by molar-refractivity contribution is 7.99. The number of hydrogen-bond acceptors (Lipinski definition) is 10. The maximum atomic E-state index is 12.0. The summed E-state index contributed by atoms with van der Waals surface area (Å²) >= 11 is 1.72. The van der Waals surface area contributed by atoms with Crippen molar-refractivity contribution in [2.75, 3.05) is 38.6 Å². The Balaban J connectivity index is 0.000000361. The van der Waals surface area contributed by atoms with Crippen LogP contribution in [0.4, 0.5) is 0 Å². The van der Waals surface area contributed by atoms with Crippen molar-refractivity contribution in [1.82, 2.24) is 0 Å². The minimum Gasteiger partial charge on any atom is -0.380 e. The van der Waals surface area contributed by atoms with Crippen LogP contribution in [-0.2, 0) is 49.2 Å². The summed E-state index contributed by atoms with van der Waals surface area (Å²) in [7, 11) is 0.0988. The molecule has 3 aromatic rings. The Morgan fingerprint density at radius 1 is 0.646 bits per heavy atom. The molecular formula is C36H48O9S3. The van der Waals surface area contributed by atoms with Crippen LogP contribution in [0.15, 0.2) is 106 Å². The normalized spacial score (nSPS) is 13.4. The van der Waals surface area contributed by atoms with E-state index in [1.165, 1.54) is 45.1 Å². The average Bonchev–Trinajstić information content (AvgIpc) is 3.07. The fourth-order valence-corrected chi connectivity index (χ4v) is 7.84. The smallest absolute Gasteiger partial charge is 0.180 e. The molecule has 4 atom stereocenters. The largest absolute Gasteiger partial charge is 0.380 e. The molecule has 0 aromatic heterocycles. The molecule has 12 heteroatoms. The van der Waals surface area contributed by atoms with Gasteiger partial charge < -0.3 is 14.2 Å². The SMILES string of the molecule is COC(CC(C)=O)CS(=O)(=O)c1ccccc1.COC(CC(C)=O)CS(=O)c1ccccc1.COC(CSc1ccccc1)CC(C)=O. The summed E-state index contributed by atoms with van der Waals surface area (Å²) < 4.78 is 51.3. The lowest BCUT2D eigenvalue weighted by Crippen LogP contribution is -2.25. The van der Waals surface area contributed by atoms with Gasteiger partial charge in [-0.1, -0.05) is 54.6 Å². The predicted octanol–water partition coefficient (Wildman–Crippen LogP) is 6.02. The second-order valence-electron chi connectivity index (χ2n) is 10.8. The predicted molar refractivity (Wildman–Crippen MR) is 192 cm³/mol. The molecule has 264 valence electrons. The van der Waals surface area contributed by atoms with Crippen LogP contribution in [0.25, 0.3) is 0 Å². The van der Waals surface area contributed by atoms with Crippen molar-refractivity contribution >= 4 is 49.7 Å². The molecular weight excluding hydrogens is 673 g/mol. The van der Waals surface area contributed by atoms with Gasteiger partial charge in [0.1, 0.15) is 17.3 Å². The lowest BCUT2D eigenvalue weighted by molar-refractivity contribution is -0.119. The third kappa shape index (κ3) is 19.1. The van der Waals surface area contributed by atoms with Gasteiger partial charge in [-0.15, -0.1) is 11.8 Å². The molecule has 0 heterocycles. The molecule has 0 radical (unpaired) electrons. The lowest BCUT2D eigenvalue weighted by Gasteiger charge is -2.13. The number of hydrogen-bond donors (Lipinski definition) is 0. The highest BCUT2D eigenvalue weighted by Crippen LogP contribution is 2.20. The molecule has 9 nitrogen and oxygen atoms in total. The second kappa shape index (κ2) is 24.2. The van der Waals surface area contributed by atoms with Gasteiger partial charge in [-0.25, -0.2) is 8.42 Å². The zero-order valence-electron chi connectivity index (χ0n) is 28.5.